The zero-order chi connectivity index (χ0) is 27.8. The summed E-state index contributed by atoms with van der Waals surface area (Å²) in [6.45, 7) is 31.5. The Bertz CT molecular complexity index is 989. The van der Waals surface area contributed by atoms with Gasteiger partial charge in [-0.05, 0) is 92.0 Å². The summed E-state index contributed by atoms with van der Waals surface area (Å²) >= 11 is 0. The summed E-state index contributed by atoms with van der Waals surface area (Å²) < 4.78 is 14.6. The Morgan fingerprint density at radius 3 is 2.05 bits per heavy atom. The van der Waals surface area contributed by atoms with Crippen LogP contribution in [0.25, 0.3) is 0 Å². The molecule has 0 radical (unpaired) electrons. The van der Waals surface area contributed by atoms with E-state index in [2.05, 4.69) is 107 Å². The molecule has 0 aromatic rings. The monoisotopic (exact) mass is 542 g/mol. The number of rotatable bonds is 5. The largest absolute Gasteiger partial charge is 0.414 e. The molecular weight excluding hydrogens is 485 g/mol. The molecule has 4 aliphatic carbocycles. The summed E-state index contributed by atoms with van der Waals surface area (Å²) in [5.74, 6) is 1.27. The van der Waals surface area contributed by atoms with Gasteiger partial charge in [-0.1, -0.05) is 97.3 Å². The second kappa shape index (κ2) is 9.31. The second-order valence-corrected chi connectivity index (χ2v) is 25.8. The van der Waals surface area contributed by atoms with Crippen molar-refractivity contribution >= 4 is 16.6 Å². The third kappa shape index (κ3) is 4.78. The Labute approximate surface area is 232 Å². The molecule has 2 nitrogen and oxygen atoms in total. The van der Waals surface area contributed by atoms with E-state index in [1.54, 1.807) is 16.7 Å². The van der Waals surface area contributed by atoms with Gasteiger partial charge in [0.05, 0.1) is 12.2 Å². The Balaban J connectivity index is 1.74. The van der Waals surface area contributed by atoms with E-state index < -0.39 is 16.6 Å². The smallest absolute Gasteiger partial charge is 0.192 e. The molecule has 6 atom stereocenters. The van der Waals surface area contributed by atoms with E-state index in [0.717, 1.165) is 12.8 Å². The highest BCUT2D eigenvalue weighted by Gasteiger charge is 2.59. The van der Waals surface area contributed by atoms with Crippen molar-refractivity contribution in [1.82, 2.24) is 0 Å². The van der Waals surface area contributed by atoms with Crippen molar-refractivity contribution in [1.29, 1.82) is 0 Å². The molecule has 0 bridgehead atoms. The van der Waals surface area contributed by atoms with Crippen LogP contribution in [0, 0.1) is 22.7 Å². The molecule has 0 heterocycles. The maximum atomic E-state index is 7.47. The van der Waals surface area contributed by atoms with Gasteiger partial charge in [-0.25, -0.2) is 0 Å². The van der Waals surface area contributed by atoms with Gasteiger partial charge in [0.25, 0.3) is 0 Å². The van der Waals surface area contributed by atoms with E-state index in [-0.39, 0.29) is 27.7 Å². The first-order valence-corrected chi connectivity index (χ1v) is 21.1. The zero-order valence-corrected chi connectivity index (χ0v) is 28.6. The molecule has 2 saturated carbocycles. The molecule has 4 heteroatoms. The third-order valence-corrected chi connectivity index (χ3v) is 21.3. The van der Waals surface area contributed by atoms with E-state index in [0.29, 0.717) is 17.3 Å². The fraction of sp³-hybridized carbons (Fsp3) is 0.818. The predicted molar refractivity (Wildman–Crippen MR) is 165 cm³/mol. The van der Waals surface area contributed by atoms with Crippen LogP contribution >= 0.6 is 0 Å². The molecule has 210 valence electrons. The first-order valence-electron chi connectivity index (χ1n) is 15.2. The fourth-order valence-electron chi connectivity index (χ4n) is 7.61. The number of hydrogen-bond acceptors (Lipinski definition) is 2. The highest BCUT2D eigenvalue weighted by Crippen LogP contribution is 2.65. The van der Waals surface area contributed by atoms with Crippen molar-refractivity contribution in [2.24, 2.45) is 22.7 Å². The average Bonchev–Trinajstić information content (AvgIpc) is 3.09. The lowest BCUT2D eigenvalue weighted by Gasteiger charge is -2.59. The van der Waals surface area contributed by atoms with Crippen LogP contribution < -0.4 is 0 Å². The molecule has 0 N–H and O–H groups in total. The van der Waals surface area contributed by atoms with Gasteiger partial charge in [-0.3, -0.25) is 0 Å². The summed E-state index contributed by atoms with van der Waals surface area (Å²) in [6.07, 6.45) is 15.3. The normalized spacial score (nSPS) is 36.7. The van der Waals surface area contributed by atoms with Gasteiger partial charge in [0.1, 0.15) is 0 Å². The SMILES string of the molecule is CCC1=CCC2C3=CC=C4C[C@@H](O[Si](C)(C)C(C)(C)C)C[C@H](O[Si](C)(C)C(C)(C)C)[C@]4(C)C3CC[C@]12C. The Morgan fingerprint density at radius 1 is 0.892 bits per heavy atom. The van der Waals surface area contributed by atoms with Crippen molar-refractivity contribution in [3.8, 4) is 0 Å². The van der Waals surface area contributed by atoms with Crippen molar-refractivity contribution in [2.75, 3.05) is 0 Å². The Hall–Kier alpha value is -0.426. The highest BCUT2D eigenvalue weighted by atomic mass is 28.4. The minimum Gasteiger partial charge on any atom is -0.414 e. The molecule has 2 fully saturated rings. The van der Waals surface area contributed by atoms with Crippen LogP contribution in [0.1, 0.15) is 101 Å². The van der Waals surface area contributed by atoms with E-state index in [4.69, 9.17) is 8.85 Å². The van der Waals surface area contributed by atoms with E-state index in [1.165, 1.54) is 25.7 Å². The van der Waals surface area contributed by atoms with Crippen LogP contribution in [-0.2, 0) is 8.85 Å². The molecular formula is C33H58O2Si2. The predicted octanol–water partition coefficient (Wildman–Crippen LogP) is 10.2. The molecule has 0 saturated heterocycles. The summed E-state index contributed by atoms with van der Waals surface area (Å²) in [5, 5.41) is 0.419. The Kier molecular flexibility index (Phi) is 7.44. The molecule has 37 heavy (non-hydrogen) atoms. The first-order chi connectivity index (χ1) is 16.8. The van der Waals surface area contributed by atoms with Gasteiger partial charge in [0.2, 0.25) is 0 Å². The van der Waals surface area contributed by atoms with Gasteiger partial charge in [-0.2, -0.15) is 0 Å². The van der Waals surface area contributed by atoms with E-state index in [9.17, 15) is 0 Å². The topological polar surface area (TPSA) is 18.5 Å². The lowest BCUT2D eigenvalue weighted by atomic mass is 9.50. The molecule has 0 amide bonds. The zero-order valence-electron chi connectivity index (χ0n) is 26.6. The number of allylic oxidation sites excluding steroid dienone is 5. The van der Waals surface area contributed by atoms with Crippen molar-refractivity contribution in [3.05, 3.63) is 34.9 Å². The van der Waals surface area contributed by atoms with Crippen molar-refractivity contribution < 1.29 is 8.85 Å². The van der Waals surface area contributed by atoms with Gasteiger partial charge in [0.15, 0.2) is 16.6 Å². The van der Waals surface area contributed by atoms with Crippen LogP contribution in [0.4, 0.5) is 0 Å². The van der Waals surface area contributed by atoms with Gasteiger partial charge >= 0.3 is 0 Å². The van der Waals surface area contributed by atoms with E-state index >= 15 is 0 Å². The quantitative estimate of drug-likeness (QED) is 0.254. The molecule has 4 rings (SSSR count). The highest BCUT2D eigenvalue weighted by molar-refractivity contribution is 6.74. The maximum Gasteiger partial charge on any atom is 0.192 e. The summed E-state index contributed by atoms with van der Waals surface area (Å²) in [5.41, 5.74) is 5.47. The minimum absolute atomic E-state index is 0.0726. The Morgan fingerprint density at radius 2 is 1.49 bits per heavy atom. The number of fused-ring (bicyclic) bond motifs is 5. The van der Waals surface area contributed by atoms with Crippen LogP contribution in [0.5, 0.6) is 0 Å². The lowest BCUT2D eigenvalue weighted by molar-refractivity contribution is -0.0386. The van der Waals surface area contributed by atoms with E-state index in [1.807, 2.05) is 0 Å². The molecule has 0 aliphatic heterocycles. The average molecular weight is 543 g/mol. The molecule has 4 aliphatic rings. The van der Waals surface area contributed by atoms with Crippen LogP contribution in [0.15, 0.2) is 34.9 Å². The third-order valence-electron chi connectivity index (χ3n) is 12.2. The maximum absolute atomic E-state index is 7.47. The van der Waals surface area contributed by atoms with Gasteiger partial charge in [0, 0.05) is 5.41 Å². The van der Waals surface area contributed by atoms with Gasteiger partial charge in [-0.15, -0.1) is 0 Å². The fourth-order valence-corrected chi connectivity index (χ4v) is 10.4. The van der Waals surface area contributed by atoms with Crippen LogP contribution in [0.2, 0.25) is 36.3 Å². The minimum atomic E-state index is -1.96. The molecule has 0 aromatic carbocycles. The standard InChI is InChI=1S/C33H58O2Si2/c1-14-23-16-18-27-26-17-15-24-21-25(34-36(10,11)30(2,3)4)22-29(35-37(12,13)31(5,6)7)33(24,9)28(26)19-20-32(23,27)8/h15-17,25,27-29H,14,18-22H2,1-13H3/t25-,27?,28?,29+,32-,33+/m1/s1. The van der Waals surface area contributed by atoms with Gasteiger partial charge < -0.3 is 8.85 Å². The van der Waals surface area contributed by atoms with Crippen molar-refractivity contribution in [2.45, 2.75) is 149 Å². The lowest BCUT2D eigenvalue weighted by Crippen LogP contribution is -2.58. The number of hydrogen-bond donors (Lipinski definition) is 0. The van der Waals surface area contributed by atoms with Crippen LogP contribution in [-0.4, -0.2) is 28.8 Å². The summed E-state index contributed by atoms with van der Waals surface area (Å²) in [4.78, 5) is 0. The van der Waals surface area contributed by atoms with Crippen molar-refractivity contribution in [3.63, 3.8) is 0 Å². The first kappa shape index (κ1) is 29.6. The summed E-state index contributed by atoms with van der Waals surface area (Å²) in [6, 6.07) is 0. The molecule has 2 unspecified atom stereocenters. The second-order valence-electron chi connectivity index (χ2n) is 16.3. The summed E-state index contributed by atoms with van der Waals surface area (Å²) in [7, 11) is -3.82. The van der Waals surface area contributed by atoms with Crippen LogP contribution in [0.3, 0.4) is 0 Å². The molecule has 0 spiro atoms. The molecule has 0 aromatic heterocycles.